The molecule has 8 heteroatoms. The molecule has 0 unspecified atom stereocenters. The van der Waals surface area contributed by atoms with Gasteiger partial charge in [-0.05, 0) is 36.2 Å². The molecule has 2 heterocycles. The van der Waals surface area contributed by atoms with Gasteiger partial charge in [0.1, 0.15) is 17.0 Å². The summed E-state index contributed by atoms with van der Waals surface area (Å²) in [7, 11) is 0. The van der Waals surface area contributed by atoms with Crippen molar-refractivity contribution in [2.75, 3.05) is 0 Å². The van der Waals surface area contributed by atoms with E-state index in [1.807, 2.05) is 31.2 Å². The summed E-state index contributed by atoms with van der Waals surface area (Å²) in [5.74, 6) is -1.12. The number of nitrogens with one attached hydrogen (secondary N) is 2. The summed E-state index contributed by atoms with van der Waals surface area (Å²) in [4.78, 5) is 27.8. The molecule has 0 aliphatic rings. The lowest BCUT2D eigenvalue weighted by molar-refractivity contribution is 0.0947. The van der Waals surface area contributed by atoms with Crippen LogP contribution < -0.4 is 10.9 Å². The molecule has 7 nitrogen and oxygen atoms in total. The lowest BCUT2D eigenvalue weighted by atomic mass is 10.1. The average molecular weight is 409 g/mol. The van der Waals surface area contributed by atoms with Crippen LogP contribution in [0.5, 0.6) is 5.75 Å². The third kappa shape index (κ3) is 3.48. The molecule has 0 aliphatic carbocycles. The number of H-pyrrole nitrogens is 1. The Balaban J connectivity index is 1.70. The number of nitrogens with zero attached hydrogens (tertiary/aromatic N) is 2. The van der Waals surface area contributed by atoms with E-state index >= 15 is 0 Å². The van der Waals surface area contributed by atoms with Gasteiger partial charge in [0.25, 0.3) is 11.5 Å². The first-order chi connectivity index (χ1) is 14.0. The molecule has 0 spiro atoms. The van der Waals surface area contributed by atoms with Crippen LogP contribution in [0.4, 0.5) is 0 Å². The van der Waals surface area contributed by atoms with Crippen molar-refractivity contribution in [2.45, 2.75) is 13.5 Å². The molecule has 0 radical (unpaired) electrons. The summed E-state index contributed by atoms with van der Waals surface area (Å²) in [6, 6.07) is 14.6. The summed E-state index contributed by atoms with van der Waals surface area (Å²) < 4.78 is 1.51. The van der Waals surface area contributed by atoms with Crippen molar-refractivity contribution in [3.8, 4) is 11.4 Å². The molecule has 2 aromatic carbocycles. The minimum atomic E-state index is -0.707. The van der Waals surface area contributed by atoms with Gasteiger partial charge in [0.05, 0.1) is 17.3 Å². The Morgan fingerprint density at radius 1 is 1.24 bits per heavy atom. The molecule has 0 bridgehead atoms. The van der Waals surface area contributed by atoms with Crippen molar-refractivity contribution in [2.24, 2.45) is 0 Å². The predicted molar refractivity (Wildman–Crippen MR) is 111 cm³/mol. The van der Waals surface area contributed by atoms with Crippen LogP contribution in [-0.4, -0.2) is 25.8 Å². The summed E-state index contributed by atoms with van der Waals surface area (Å²) >= 11 is 6.09. The van der Waals surface area contributed by atoms with Crippen LogP contribution in [0, 0.1) is 6.92 Å². The maximum atomic E-state index is 12.6. The number of aromatic hydroxyl groups is 1. The average Bonchev–Trinajstić information content (AvgIpc) is 3.11. The zero-order valence-corrected chi connectivity index (χ0v) is 16.2. The van der Waals surface area contributed by atoms with Crippen molar-refractivity contribution in [3.05, 3.63) is 86.8 Å². The highest BCUT2D eigenvalue weighted by molar-refractivity contribution is 6.31. The summed E-state index contributed by atoms with van der Waals surface area (Å²) in [6.07, 6.45) is 1.41. The van der Waals surface area contributed by atoms with E-state index in [2.05, 4.69) is 15.4 Å². The third-order valence-electron chi connectivity index (χ3n) is 4.59. The third-order valence-corrected chi connectivity index (χ3v) is 4.96. The van der Waals surface area contributed by atoms with Gasteiger partial charge in [0.2, 0.25) is 0 Å². The molecule has 0 saturated carbocycles. The second kappa shape index (κ2) is 7.44. The highest BCUT2D eigenvalue weighted by Gasteiger charge is 2.21. The fourth-order valence-corrected chi connectivity index (χ4v) is 3.33. The standard InChI is InChI=1S/C21H17ClN4O3/c1-12-5-4-7-14(9-12)26-19-15(11-24-26)18(27)17(21(29)25-19)20(28)23-10-13-6-2-3-8-16(13)22/h2-9,11H,10H2,1H3,(H,23,28)(H2,25,27,29). The van der Waals surface area contributed by atoms with E-state index in [4.69, 9.17) is 11.6 Å². The molecule has 4 aromatic rings. The number of hydrogen-bond donors (Lipinski definition) is 3. The number of fused-ring (bicyclic) bond motifs is 1. The number of aryl methyl sites for hydroxylation is 1. The minimum Gasteiger partial charge on any atom is -0.506 e. The van der Waals surface area contributed by atoms with Gasteiger partial charge < -0.3 is 15.4 Å². The molecule has 0 atom stereocenters. The van der Waals surface area contributed by atoms with E-state index in [1.54, 1.807) is 24.3 Å². The number of carbonyl (C=O) groups excluding carboxylic acids is 1. The Morgan fingerprint density at radius 3 is 2.79 bits per heavy atom. The number of rotatable bonds is 4. The summed E-state index contributed by atoms with van der Waals surface area (Å²) in [5, 5.41) is 18.2. The quantitative estimate of drug-likeness (QED) is 0.482. The Morgan fingerprint density at radius 2 is 2.03 bits per heavy atom. The number of amides is 1. The van der Waals surface area contributed by atoms with E-state index in [0.29, 0.717) is 16.2 Å². The van der Waals surface area contributed by atoms with Gasteiger partial charge in [-0.15, -0.1) is 0 Å². The molecule has 146 valence electrons. The number of benzene rings is 2. The molecular formula is C21H17ClN4O3. The van der Waals surface area contributed by atoms with Crippen LogP contribution in [-0.2, 0) is 6.54 Å². The Hall–Kier alpha value is -3.58. The molecule has 0 saturated heterocycles. The first-order valence-electron chi connectivity index (χ1n) is 8.87. The molecule has 1 amide bonds. The van der Waals surface area contributed by atoms with Crippen molar-refractivity contribution >= 4 is 28.5 Å². The van der Waals surface area contributed by atoms with Crippen LogP contribution in [0.15, 0.2) is 59.5 Å². The molecule has 2 aromatic heterocycles. The predicted octanol–water partition coefficient (Wildman–Crippen LogP) is 3.31. The maximum absolute atomic E-state index is 12.6. The minimum absolute atomic E-state index is 0.123. The second-order valence-electron chi connectivity index (χ2n) is 6.61. The van der Waals surface area contributed by atoms with Crippen molar-refractivity contribution < 1.29 is 9.90 Å². The first-order valence-corrected chi connectivity index (χ1v) is 9.25. The lowest BCUT2D eigenvalue weighted by Gasteiger charge is -2.09. The number of aromatic nitrogens is 3. The fraction of sp³-hybridized carbons (Fsp3) is 0.0952. The van der Waals surface area contributed by atoms with E-state index in [9.17, 15) is 14.7 Å². The fourth-order valence-electron chi connectivity index (χ4n) is 3.13. The lowest BCUT2D eigenvalue weighted by Crippen LogP contribution is -2.29. The molecule has 29 heavy (non-hydrogen) atoms. The van der Waals surface area contributed by atoms with E-state index in [-0.39, 0.29) is 17.5 Å². The first kappa shape index (κ1) is 18.8. The number of pyridine rings is 1. The topological polar surface area (TPSA) is 100 Å². The number of aromatic amines is 1. The summed E-state index contributed by atoms with van der Waals surface area (Å²) in [6.45, 7) is 2.06. The van der Waals surface area contributed by atoms with Gasteiger partial charge in [-0.25, -0.2) is 4.68 Å². The zero-order valence-electron chi connectivity index (χ0n) is 15.4. The van der Waals surface area contributed by atoms with Crippen molar-refractivity contribution in [1.29, 1.82) is 0 Å². The molecule has 0 fully saturated rings. The molecule has 0 aliphatic heterocycles. The smallest absolute Gasteiger partial charge is 0.266 e. The Labute approximate surface area is 170 Å². The van der Waals surface area contributed by atoms with Crippen LogP contribution in [0.1, 0.15) is 21.5 Å². The van der Waals surface area contributed by atoms with Gasteiger partial charge in [0.15, 0.2) is 0 Å². The van der Waals surface area contributed by atoms with E-state index < -0.39 is 17.2 Å². The van der Waals surface area contributed by atoms with Crippen LogP contribution in [0.2, 0.25) is 5.02 Å². The second-order valence-corrected chi connectivity index (χ2v) is 7.02. The molecular weight excluding hydrogens is 392 g/mol. The van der Waals surface area contributed by atoms with E-state index in [1.165, 1.54) is 10.9 Å². The Kier molecular flexibility index (Phi) is 4.82. The molecule has 3 N–H and O–H groups in total. The number of carbonyl (C=O) groups is 1. The summed E-state index contributed by atoms with van der Waals surface area (Å²) in [5.41, 5.74) is 1.68. The molecule has 4 rings (SSSR count). The van der Waals surface area contributed by atoms with Crippen LogP contribution in [0.25, 0.3) is 16.7 Å². The van der Waals surface area contributed by atoms with Gasteiger partial charge in [-0.1, -0.05) is 41.9 Å². The monoisotopic (exact) mass is 408 g/mol. The SMILES string of the molecule is Cc1cccc(-n2ncc3c(O)c(C(=O)NCc4ccccc4Cl)c(=O)[nH]c32)c1. The van der Waals surface area contributed by atoms with Gasteiger partial charge in [-0.2, -0.15) is 5.10 Å². The van der Waals surface area contributed by atoms with Crippen LogP contribution in [0.3, 0.4) is 0 Å². The number of halogens is 1. The van der Waals surface area contributed by atoms with Gasteiger partial charge in [0, 0.05) is 11.6 Å². The highest BCUT2D eigenvalue weighted by Crippen LogP contribution is 2.26. The van der Waals surface area contributed by atoms with E-state index in [0.717, 1.165) is 11.3 Å². The zero-order chi connectivity index (χ0) is 20.5. The van der Waals surface area contributed by atoms with Gasteiger partial charge in [-0.3, -0.25) is 9.59 Å². The van der Waals surface area contributed by atoms with Crippen molar-refractivity contribution in [3.63, 3.8) is 0 Å². The largest absolute Gasteiger partial charge is 0.506 e. The highest BCUT2D eigenvalue weighted by atomic mass is 35.5. The van der Waals surface area contributed by atoms with Crippen molar-refractivity contribution in [1.82, 2.24) is 20.1 Å². The number of hydrogen-bond acceptors (Lipinski definition) is 4. The maximum Gasteiger partial charge on any atom is 0.266 e. The normalized spacial score (nSPS) is 11.0. The van der Waals surface area contributed by atoms with Crippen LogP contribution >= 0.6 is 11.6 Å². The van der Waals surface area contributed by atoms with Gasteiger partial charge >= 0.3 is 0 Å². The Bertz CT molecular complexity index is 1290.